The van der Waals surface area contributed by atoms with Crippen LogP contribution in [-0.4, -0.2) is 54.3 Å². The zero-order chi connectivity index (χ0) is 30.4. The second kappa shape index (κ2) is 28.6. The minimum absolute atomic E-state index is 0.0793. The van der Waals surface area contributed by atoms with E-state index in [4.69, 9.17) is 13.8 Å². The van der Waals surface area contributed by atoms with Gasteiger partial charge in [0.25, 0.3) is 0 Å². The number of carbonyl (C=O) groups is 2. The highest BCUT2D eigenvalue weighted by atomic mass is 31.2. The third kappa shape index (κ3) is 29.8. The number of amides is 1. The third-order valence-electron chi connectivity index (χ3n) is 6.35. The Kier molecular flexibility index (Phi) is 27.5. The van der Waals surface area contributed by atoms with Gasteiger partial charge in [-0.3, -0.25) is 18.6 Å². The SMILES string of the molecule is CCCCC/C=C\C/C=C\CCCCCCCCCCCC(=O)NCCOP(=O)(O)OCC(O)COC(=O)CCC. The van der Waals surface area contributed by atoms with E-state index in [0.29, 0.717) is 12.8 Å². The molecule has 2 unspecified atom stereocenters. The number of aliphatic hydroxyl groups excluding tert-OH is 1. The summed E-state index contributed by atoms with van der Waals surface area (Å²) >= 11 is 0. The maximum absolute atomic E-state index is 11.9. The second-order valence-electron chi connectivity index (χ2n) is 10.4. The number of hydrogen-bond donors (Lipinski definition) is 3. The molecule has 0 heterocycles. The van der Waals surface area contributed by atoms with Crippen LogP contribution in [0.1, 0.15) is 129 Å². The molecular weight excluding hydrogens is 545 g/mol. The number of nitrogens with one attached hydrogen (secondary N) is 1. The molecule has 3 N–H and O–H groups in total. The predicted molar refractivity (Wildman–Crippen MR) is 164 cm³/mol. The number of aliphatic hydroxyl groups is 1. The average Bonchev–Trinajstić information content (AvgIpc) is 2.94. The first-order chi connectivity index (χ1) is 19.8. The first-order valence-electron chi connectivity index (χ1n) is 15.8. The summed E-state index contributed by atoms with van der Waals surface area (Å²) < 4.78 is 26.1. The van der Waals surface area contributed by atoms with Crippen molar-refractivity contribution in [3.63, 3.8) is 0 Å². The number of esters is 1. The van der Waals surface area contributed by atoms with E-state index in [-0.39, 0.29) is 32.1 Å². The van der Waals surface area contributed by atoms with Crippen molar-refractivity contribution < 1.29 is 37.9 Å². The van der Waals surface area contributed by atoms with Gasteiger partial charge in [0.2, 0.25) is 5.91 Å². The molecule has 41 heavy (non-hydrogen) atoms. The van der Waals surface area contributed by atoms with Crippen molar-refractivity contribution in [2.45, 2.75) is 136 Å². The lowest BCUT2D eigenvalue weighted by molar-refractivity contribution is -0.147. The Bertz CT molecular complexity index is 744. The van der Waals surface area contributed by atoms with Crippen LogP contribution in [0, 0.1) is 0 Å². The molecular formula is C31H58NO8P. The molecule has 0 saturated carbocycles. The standard InChI is InChI=1S/C31H58NO8P/c1-3-5-6-7-8-9-10-11-12-13-14-15-16-17-18-19-20-21-22-24-30(34)32-25-26-39-41(36,37)40-28-29(33)27-38-31(35)23-4-2/h8-9,11-12,29,33H,3-7,10,13-28H2,1-2H3,(H,32,34)(H,36,37)/b9-8-,12-11-. The van der Waals surface area contributed by atoms with E-state index in [1.807, 2.05) is 6.92 Å². The quantitative estimate of drug-likeness (QED) is 0.0351. The lowest BCUT2D eigenvalue weighted by Crippen LogP contribution is -2.27. The topological polar surface area (TPSA) is 131 Å². The summed E-state index contributed by atoms with van der Waals surface area (Å²) in [4.78, 5) is 32.8. The molecule has 0 aromatic heterocycles. The molecule has 240 valence electrons. The van der Waals surface area contributed by atoms with E-state index in [1.165, 1.54) is 70.6 Å². The summed E-state index contributed by atoms with van der Waals surface area (Å²) in [6.45, 7) is 3.09. The number of phosphoric acid groups is 1. The van der Waals surface area contributed by atoms with Crippen molar-refractivity contribution in [2.24, 2.45) is 0 Å². The van der Waals surface area contributed by atoms with Gasteiger partial charge in [-0.25, -0.2) is 4.57 Å². The van der Waals surface area contributed by atoms with Crippen LogP contribution in [-0.2, 0) is 27.9 Å². The molecule has 0 rings (SSSR count). The molecule has 1 amide bonds. The normalized spacial score (nSPS) is 14.0. The van der Waals surface area contributed by atoms with E-state index < -0.39 is 26.5 Å². The Morgan fingerprint density at radius 3 is 1.95 bits per heavy atom. The number of rotatable bonds is 29. The molecule has 0 aromatic rings. The largest absolute Gasteiger partial charge is 0.472 e. The maximum atomic E-state index is 11.9. The van der Waals surface area contributed by atoms with Gasteiger partial charge in [0.1, 0.15) is 12.7 Å². The van der Waals surface area contributed by atoms with Crippen molar-refractivity contribution in [1.29, 1.82) is 0 Å². The van der Waals surface area contributed by atoms with E-state index >= 15 is 0 Å². The van der Waals surface area contributed by atoms with Gasteiger partial charge in [-0.15, -0.1) is 0 Å². The molecule has 0 radical (unpaired) electrons. The highest BCUT2D eigenvalue weighted by molar-refractivity contribution is 7.47. The second-order valence-corrected chi connectivity index (χ2v) is 11.9. The van der Waals surface area contributed by atoms with E-state index in [2.05, 4.69) is 36.5 Å². The van der Waals surface area contributed by atoms with E-state index in [0.717, 1.165) is 25.7 Å². The molecule has 0 aromatic carbocycles. The number of unbranched alkanes of at least 4 members (excludes halogenated alkanes) is 12. The summed E-state index contributed by atoms with van der Waals surface area (Å²) in [6, 6.07) is 0. The Hall–Kier alpha value is -1.51. The molecule has 0 aliphatic rings. The van der Waals surface area contributed by atoms with Gasteiger partial charge in [-0.05, 0) is 44.9 Å². The summed E-state index contributed by atoms with van der Waals surface area (Å²) in [6.07, 6.45) is 27.1. The van der Waals surface area contributed by atoms with Crippen LogP contribution in [0.15, 0.2) is 24.3 Å². The highest BCUT2D eigenvalue weighted by Crippen LogP contribution is 2.42. The van der Waals surface area contributed by atoms with Crippen LogP contribution in [0.4, 0.5) is 0 Å². The molecule has 0 fully saturated rings. The van der Waals surface area contributed by atoms with Gasteiger partial charge in [-0.2, -0.15) is 0 Å². The van der Waals surface area contributed by atoms with Gasteiger partial charge in [0, 0.05) is 19.4 Å². The minimum atomic E-state index is -4.38. The van der Waals surface area contributed by atoms with Gasteiger partial charge < -0.3 is 20.1 Å². The number of hydrogen-bond acceptors (Lipinski definition) is 7. The number of carbonyl (C=O) groups excluding carboxylic acids is 2. The van der Waals surface area contributed by atoms with Crippen molar-refractivity contribution in [2.75, 3.05) is 26.4 Å². The van der Waals surface area contributed by atoms with Crippen molar-refractivity contribution in [1.82, 2.24) is 5.32 Å². The first-order valence-corrected chi connectivity index (χ1v) is 17.3. The fraction of sp³-hybridized carbons (Fsp3) is 0.806. The summed E-state index contributed by atoms with van der Waals surface area (Å²) in [5, 5.41) is 12.3. The lowest BCUT2D eigenvalue weighted by Gasteiger charge is -2.15. The van der Waals surface area contributed by atoms with E-state index in [1.54, 1.807) is 0 Å². The Balaban J connectivity index is 3.53. The van der Waals surface area contributed by atoms with Crippen molar-refractivity contribution >= 4 is 19.7 Å². The number of phosphoric ester groups is 1. The molecule has 2 atom stereocenters. The molecule has 0 spiro atoms. The van der Waals surface area contributed by atoms with Crippen LogP contribution in [0.5, 0.6) is 0 Å². The maximum Gasteiger partial charge on any atom is 0.472 e. The van der Waals surface area contributed by atoms with Crippen LogP contribution < -0.4 is 5.32 Å². The molecule has 10 heteroatoms. The van der Waals surface area contributed by atoms with Crippen LogP contribution in [0.2, 0.25) is 0 Å². The number of allylic oxidation sites excluding steroid dienone is 4. The van der Waals surface area contributed by atoms with Gasteiger partial charge in [-0.1, -0.05) is 95.9 Å². The van der Waals surface area contributed by atoms with Crippen LogP contribution in [0.3, 0.4) is 0 Å². The summed E-state index contributed by atoms with van der Waals surface area (Å²) in [5.74, 6) is -0.577. The van der Waals surface area contributed by atoms with Gasteiger partial charge in [0.05, 0.1) is 13.2 Å². The molecule has 0 aliphatic heterocycles. The average molecular weight is 604 g/mol. The first kappa shape index (κ1) is 39.5. The lowest BCUT2D eigenvalue weighted by atomic mass is 10.1. The Labute approximate surface area is 249 Å². The van der Waals surface area contributed by atoms with Crippen molar-refractivity contribution in [3.05, 3.63) is 24.3 Å². The molecule has 0 aliphatic carbocycles. The van der Waals surface area contributed by atoms with E-state index in [9.17, 15) is 24.2 Å². The van der Waals surface area contributed by atoms with Gasteiger partial charge >= 0.3 is 13.8 Å². The zero-order valence-electron chi connectivity index (χ0n) is 25.7. The molecule has 0 bridgehead atoms. The molecule has 0 saturated heterocycles. The van der Waals surface area contributed by atoms with Crippen LogP contribution >= 0.6 is 7.82 Å². The summed E-state index contributed by atoms with van der Waals surface area (Å²) in [5.41, 5.74) is 0. The highest BCUT2D eigenvalue weighted by Gasteiger charge is 2.23. The minimum Gasteiger partial charge on any atom is -0.463 e. The monoisotopic (exact) mass is 603 g/mol. The Morgan fingerprint density at radius 2 is 1.34 bits per heavy atom. The fourth-order valence-corrected chi connectivity index (χ4v) is 4.73. The zero-order valence-corrected chi connectivity index (χ0v) is 26.6. The fourth-order valence-electron chi connectivity index (χ4n) is 3.97. The van der Waals surface area contributed by atoms with Crippen LogP contribution in [0.25, 0.3) is 0 Å². The van der Waals surface area contributed by atoms with Gasteiger partial charge in [0.15, 0.2) is 0 Å². The smallest absolute Gasteiger partial charge is 0.463 e. The molecule has 9 nitrogen and oxygen atoms in total. The number of ether oxygens (including phenoxy) is 1. The Morgan fingerprint density at radius 1 is 0.756 bits per heavy atom. The summed E-state index contributed by atoms with van der Waals surface area (Å²) in [7, 11) is -4.38. The predicted octanol–water partition coefficient (Wildman–Crippen LogP) is 7.31. The third-order valence-corrected chi connectivity index (χ3v) is 7.34. The van der Waals surface area contributed by atoms with Crippen molar-refractivity contribution in [3.8, 4) is 0 Å².